The molecule has 2 amide bonds. The lowest BCUT2D eigenvalue weighted by molar-refractivity contribution is 0.0688. The SMILES string of the molecule is O=C(Nc1scc(-c2ccc(Cl)cc2)c1C(=O)O)c1nc2cc(F)ccc2o1.O=C(Nc1scc(-c2ccc(Cl)cc2)c1C(=O)O)c1nc2ccc(F)cc2o1. The minimum atomic E-state index is -1.19. The molecule has 0 unspecified atom stereocenters. The number of aromatic nitrogens is 2. The van der Waals surface area contributed by atoms with Crippen molar-refractivity contribution in [2.24, 2.45) is 0 Å². The van der Waals surface area contributed by atoms with Gasteiger partial charge in [-0.3, -0.25) is 9.59 Å². The van der Waals surface area contributed by atoms with Crippen LogP contribution in [0.5, 0.6) is 0 Å². The first-order valence-electron chi connectivity index (χ1n) is 15.8. The fourth-order valence-electron chi connectivity index (χ4n) is 5.31. The van der Waals surface area contributed by atoms with Gasteiger partial charge in [0.15, 0.2) is 11.2 Å². The maximum absolute atomic E-state index is 13.3. The van der Waals surface area contributed by atoms with Crippen LogP contribution in [0, 0.1) is 11.6 Å². The minimum absolute atomic E-state index is 0.0529. The molecule has 8 rings (SSSR count). The average molecular weight is 834 g/mol. The van der Waals surface area contributed by atoms with E-state index in [1.807, 2.05) is 0 Å². The summed E-state index contributed by atoms with van der Waals surface area (Å²) in [7, 11) is 0. The van der Waals surface area contributed by atoms with Gasteiger partial charge in [-0.2, -0.15) is 0 Å². The summed E-state index contributed by atoms with van der Waals surface area (Å²) in [6.07, 6.45) is 0. The van der Waals surface area contributed by atoms with Gasteiger partial charge < -0.3 is 29.7 Å². The van der Waals surface area contributed by atoms with E-state index >= 15 is 0 Å². The molecule has 56 heavy (non-hydrogen) atoms. The molecule has 0 saturated heterocycles. The molecule has 280 valence electrons. The van der Waals surface area contributed by atoms with Crippen molar-refractivity contribution in [1.29, 1.82) is 0 Å². The lowest BCUT2D eigenvalue weighted by Crippen LogP contribution is -2.13. The molecular formula is C38H20Cl2F2N4O8S2. The van der Waals surface area contributed by atoms with Crippen LogP contribution in [-0.4, -0.2) is 43.9 Å². The van der Waals surface area contributed by atoms with Gasteiger partial charge in [-0.25, -0.2) is 28.3 Å². The highest BCUT2D eigenvalue weighted by Crippen LogP contribution is 2.38. The molecule has 8 aromatic rings. The van der Waals surface area contributed by atoms with Crippen LogP contribution < -0.4 is 10.6 Å². The number of carboxylic acids is 2. The second-order valence-electron chi connectivity index (χ2n) is 11.5. The normalized spacial score (nSPS) is 10.9. The molecule has 0 fully saturated rings. The van der Waals surface area contributed by atoms with Crippen LogP contribution in [0.15, 0.2) is 105 Å². The number of oxazole rings is 2. The van der Waals surface area contributed by atoms with Crippen LogP contribution in [0.3, 0.4) is 0 Å². The molecule has 0 bridgehead atoms. The molecule has 18 heteroatoms. The Kier molecular flexibility index (Phi) is 10.6. The molecule has 0 atom stereocenters. The van der Waals surface area contributed by atoms with Gasteiger partial charge in [0.25, 0.3) is 11.8 Å². The molecule has 12 nitrogen and oxygen atoms in total. The van der Waals surface area contributed by atoms with Crippen molar-refractivity contribution >= 4 is 102 Å². The molecule has 0 radical (unpaired) electrons. The van der Waals surface area contributed by atoms with E-state index in [2.05, 4.69) is 20.6 Å². The fourth-order valence-corrected chi connectivity index (χ4v) is 7.48. The van der Waals surface area contributed by atoms with Gasteiger partial charge in [-0.15, -0.1) is 22.7 Å². The average Bonchev–Trinajstić information content (AvgIpc) is 3.97. The monoisotopic (exact) mass is 832 g/mol. The number of aromatic carboxylic acids is 2. The first-order valence-corrected chi connectivity index (χ1v) is 18.3. The minimum Gasteiger partial charge on any atom is -0.478 e. The molecule has 4 heterocycles. The first-order chi connectivity index (χ1) is 26.8. The summed E-state index contributed by atoms with van der Waals surface area (Å²) in [5.41, 5.74) is 2.97. The predicted octanol–water partition coefficient (Wildman–Crippen LogP) is 10.6. The summed E-state index contributed by atoms with van der Waals surface area (Å²) in [5, 5.41) is 28.8. The number of halogens is 4. The second kappa shape index (κ2) is 15.7. The zero-order valence-electron chi connectivity index (χ0n) is 27.8. The third kappa shape index (κ3) is 7.99. The van der Waals surface area contributed by atoms with E-state index in [1.54, 1.807) is 59.3 Å². The molecule has 4 N–H and O–H groups in total. The zero-order chi connectivity index (χ0) is 39.7. The number of hydrogen-bond acceptors (Lipinski definition) is 10. The Labute approximate surface area is 330 Å². The Morgan fingerprint density at radius 2 is 1.04 bits per heavy atom. The number of benzene rings is 4. The molecule has 0 spiro atoms. The lowest BCUT2D eigenvalue weighted by Gasteiger charge is -2.04. The highest BCUT2D eigenvalue weighted by molar-refractivity contribution is 7.15. The third-order valence-electron chi connectivity index (χ3n) is 7.86. The Morgan fingerprint density at radius 3 is 1.54 bits per heavy atom. The molecule has 4 aromatic carbocycles. The van der Waals surface area contributed by atoms with Gasteiger partial charge in [0.05, 0.1) is 0 Å². The smallest absolute Gasteiger partial charge is 0.339 e. The van der Waals surface area contributed by atoms with Crippen molar-refractivity contribution in [3.63, 3.8) is 0 Å². The fraction of sp³-hybridized carbons (Fsp3) is 0. The van der Waals surface area contributed by atoms with E-state index in [9.17, 15) is 38.2 Å². The van der Waals surface area contributed by atoms with Crippen molar-refractivity contribution in [3.05, 3.63) is 140 Å². The highest BCUT2D eigenvalue weighted by Gasteiger charge is 2.25. The van der Waals surface area contributed by atoms with E-state index in [4.69, 9.17) is 32.0 Å². The molecule has 0 aliphatic rings. The van der Waals surface area contributed by atoms with Gasteiger partial charge in [-0.05, 0) is 59.7 Å². The highest BCUT2D eigenvalue weighted by atomic mass is 35.5. The van der Waals surface area contributed by atoms with Crippen LogP contribution in [0.25, 0.3) is 44.5 Å². The standard InChI is InChI=1S/2C19H10ClFN2O4S/c20-10-3-1-9(2-4-10)12-8-28-18(15(12)19(25)26)23-16(24)17-22-13-7-11(21)5-6-14(13)27-17;20-10-3-1-9(2-4-10)12-8-28-18(15(12)19(25)26)23-16(24)17-22-13-6-5-11(21)7-14(13)27-17/h2*1-8H,(H,23,24)(H,25,26). The summed E-state index contributed by atoms with van der Waals surface area (Å²) in [5.74, 6) is -5.47. The first kappa shape index (κ1) is 37.8. The van der Waals surface area contributed by atoms with Crippen LogP contribution >= 0.6 is 45.9 Å². The summed E-state index contributed by atoms with van der Waals surface area (Å²) in [6, 6.07) is 20.8. The van der Waals surface area contributed by atoms with Crippen molar-refractivity contribution in [2.45, 2.75) is 0 Å². The molecular weight excluding hydrogens is 813 g/mol. The number of thiophene rings is 2. The second-order valence-corrected chi connectivity index (χ2v) is 14.1. The van der Waals surface area contributed by atoms with Crippen LogP contribution in [0.4, 0.5) is 18.8 Å². The summed E-state index contributed by atoms with van der Waals surface area (Å²) >= 11 is 13.9. The summed E-state index contributed by atoms with van der Waals surface area (Å²) < 4.78 is 37.1. The number of carbonyl (C=O) groups excluding carboxylic acids is 2. The van der Waals surface area contributed by atoms with Gasteiger partial charge in [0, 0.05) is 44.1 Å². The van der Waals surface area contributed by atoms with E-state index in [0.29, 0.717) is 37.8 Å². The van der Waals surface area contributed by atoms with E-state index in [0.717, 1.165) is 34.8 Å². The van der Waals surface area contributed by atoms with E-state index in [-0.39, 0.29) is 49.6 Å². The number of nitrogens with zero attached hydrogens (tertiary/aromatic N) is 2. The Balaban J connectivity index is 0.000000172. The number of fused-ring (bicyclic) bond motifs is 2. The predicted molar refractivity (Wildman–Crippen MR) is 207 cm³/mol. The molecule has 0 aliphatic carbocycles. The number of carboxylic acid groups (broad SMARTS) is 2. The topological polar surface area (TPSA) is 185 Å². The summed E-state index contributed by atoms with van der Waals surface area (Å²) in [4.78, 5) is 56.5. The quantitative estimate of drug-likeness (QED) is 0.115. The van der Waals surface area contributed by atoms with Crippen molar-refractivity contribution < 1.29 is 47.0 Å². The molecule has 0 saturated carbocycles. The van der Waals surface area contributed by atoms with Crippen LogP contribution in [-0.2, 0) is 0 Å². The Bertz CT molecular complexity index is 2630. The molecule has 4 aromatic heterocycles. The third-order valence-corrected chi connectivity index (χ3v) is 10.2. The van der Waals surface area contributed by atoms with E-state index < -0.39 is 35.4 Å². The van der Waals surface area contributed by atoms with Crippen LogP contribution in [0.1, 0.15) is 42.1 Å². The van der Waals surface area contributed by atoms with Crippen molar-refractivity contribution in [2.75, 3.05) is 10.6 Å². The number of amides is 2. The van der Waals surface area contributed by atoms with Crippen molar-refractivity contribution in [3.8, 4) is 22.3 Å². The van der Waals surface area contributed by atoms with Gasteiger partial charge in [0.1, 0.15) is 43.8 Å². The van der Waals surface area contributed by atoms with Gasteiger partial charge in [0.2, 0.25) is 0 Å². The number of anilines is 2. The summed E-state index contributed by atoms with van der Waals surface area (Å²) in [6.45, 7) is 0. The number of rotatable bonds is 8. The molecule has 0 aliphatic heterocycles. The maximum atomic E-state index is 13.3. The van der Waals surface area contributed by atoms with Gasteiger partial charge in [-0.1, -0.05) is 47.5 Å². The van der Waals surface area contributed by atoms with Crippen molar-refractivity contribution in [1.82, 2.24) is 9.97 Å². The largest absolute Gasteiger partial charge is 0.478 e. The Morgan fingerprint density at radius 1 is 0.589 bits per heavy atom. The van der Waals surface area contributed by atoms with Crippen LogP contribution in [0.2, 0.25) is 10.0 Å². The Hall–Kier alpha value is -6.46. The zero-order valence-corrected chi connectivity index (χ0v) is 30.9. The maximum Gasteiger partial charge on any atom is 0.339 e. The number of carbonyl (C=O) groups is 4. The number of nitrogens with one attached hydrogen (secondary N) is 2. The van der Waals surface area contributed by atoms with E-state index in [1.165, 1.54) is 24.3 Å². The number of hydrogen-bond donors (Lipinski definition) is 4. The van der Waals surface area contributed by atoms with Gasteiger partial charge >= 0.3 is 23.8 Å². The lowest BCUT2D eigenvalue weighted by atomic mass is 10.0.